The van der Waals surface area contributed by atoms with Crippen LogP contribution < -0.4 is 10.6 Å². The molecular formula is C23H36N2O5. The first kappa shape index (κ1) is 25.6. The smallest absolute Gasteiger partial charge is 0.326 e. The topological polar surface area (TPSA) is 116 Å². The van der Waals surface area contributed by atoms with Gasteiger partial charge in [-0.15, -0.1) is 0 Å². The van der Waals surface area contributed by atoms with E-state index >= 15 is 0 Å². The number of aliphatic hydroxyl groups is 1. The highest BCUT2D eigenvalue weighted by Crippen LogP contribution is 2.35. The van der Waals surface area contributed by atoms with E-state index in [9.17, 15) is 14.4 Å². The van der Waals surface area contributed by atoms with Gasteiger partial charge in [0.05, 0.1) is 11.8 Å². The molecule has 0 saturated heterocycles. The zero-order valence-electron chi connectivity index (χ0n) is 18.2. The van der Waals surface area contributed by atoms with Gasteiger partial charge in [-0.2, -0.15) is 0 Å². The predicted molar refractivity (Wildman–Crippen MR) is 116 cm³/mol. The minimum atomic E-state index is -1.23. The minimum Gasteiger partial charge on any atom is -0.480 e. The van der Waals surface area contributed by atoms with E-state index in [2.05, 4.69) is 17.6 Å². The quantitative estimate of drug-likeness (QED) is 0.239. The lowest BCUT2D eigenvalue weighted by molar-refractivity contribution is -0.143. The van der Waals surface area contributed by atoms with E-state index in [0.717, 1.165) is 25.0 Å². The number of carbonyl (C=O) groups excluding carboxylic acids is 2. The molecule has 1 rings (SSSR count). The fraction of sp³-hybridized carbons (Fsp3) is 0.609. The highest BCUT2D eigenvalue weighted by atomic mass is 16.4. The van der Waals surface area contributed by atoms with E-state index in [1.807, 2.05) is 31.2 Å². The van der Waals surface area contributed by atoms with Crippen LogP contribution in [0.2, 0.25) is 0 Å². The van der Waals surface area contributed by atoms with Gasteiger partial charge in [-0.25, -0.2) is 4.79 Å². The van der Waals surface area contributed by atoms with E-state index < -0.39 is 29.8 Å². The van der Waals surface area contributed by atoms with Crippen LogP contribution in [0.3, 0.4) is 0 Å². The van der Waals surface area contributed by atoms with Gasteiger partial charge in [-0.1, -0.05) is 57.6 Å². The number of allylic oxidation sites excluding steroid dienone is 5. The highest BCUT2D eigenvalue weighted by molar-refractivity contribution is 6.02. The van der Waals surface area contributed by atoms with E-state index in [0.29, 0.717) is 6.42 Å². The summed E-state index contributed by atoms with van der Waals surface area (Å²) in [5, 5.41) is 23.6. The molecule has 1 amide bonds. The maximum Gasteiger partial charge on any atom is 0.326 e. The van der Waals surface area contributed by atoms with Crippen molar-refractivity contribution in [1.82, 2.24) is 10.6 Å². The third kappa shape index (κ3) is 8.53. The van der Waals surface area contributed by atoms with Crippen LogP contribution in [0, 0.1) is 5.41 Å². The number of aliphatic carboxylic acids is 1. The first-order valence-electron chi connectivity index (χ1n) is 10.8. The Morgan fingerprint density at radius 1 is 1.10 bits per heavy atom. The molecule has 0 saturated carbocycles. The summed E-state index contributed by atoms with van der Waals surface area (Å²) in [6, 6.07) is -1.21. The summed E-state index contributed by atoms with van der Waals surface area (Å²) in [4.78, 5) is 36.7. The summed E-state index contributed by atoms with van der Waals surface area (Å²) in [7, 11) is 0. The number of ketones is 1. The van der Waals surface area contributed by atoms with Gasteiger partial charge in [-0.3, -0.25) is 9.59 Å². The maximum absolute atomic E-state index is 13.2. The Hall–Kier alpha value is -2.41. The molecule has 168 valence electrons. The number of nitrogens with one attached hydrogen (secondary N) is 2. The van der Waals surface area contributed by atoms with Crippen molar-refractivity contribution < 1.29 is 24.6 Å². The second-order valence-corrected chi connectivity index (χ2v) is 7.89. The maximum atomic E-state index is 13.2. The number of unbranched alkanes of at least 4 members (excludes halogenated alkanes) is 5. The fourth-order valence-corrected chi connectivity index (χ4v) is 3.46. The molecule has 0 aromatic heterocycles. The number of amides is 1. The van der Waals surface area contributed by atoms with Crippen LogP contribution in [0.4, 0.5) is 0 Å². The minimum absolute atomic E-state index is 0.105. The number of hydrogen-bond donors (Lipinski definition) is 4. The van der Waals surface area contributed by atoms with Crippen molar-refractivity contribution in [3.8, 4) is 0 Å². The second kappa shape index (κ2) is 13.7. The van der Waals surface area contributed by atoms with Crippen LogP contribution in [-0.4, -0.2) is 40.5 Å². The fourth-order valence-electron chi connectivity index (χ4n) is 3.46. The molecule has 0 aliphatic carbocycles. The van der Waals surface area contributed by atoms with Gasteiger partial charge >= 0.3 is 5.97 Å². The molecule has 30 heavy (non-hydrogen) atoms. The third-order valence-corrected chi connectivity index (χ3v) is 5.43. The average molecular weight is 421 g/mol. The number of Topliss-reactive ketones (excluding diaryl/α,β-unsaturated/α-hetero) is 1. The number of carbonyl (C=O) groups is 3. The Labute approximate surface area is 179 Å². The Morgan fingerprint density at radius 3 is 2.47 bits per heavy atom. The van der Waals surface area contributed by atoms with Gasteiger partial charge < -0.3 is 20.8 Å². The van der Waals surface area contributed by atoms with Crippen molar-refractivity contribution in [3.05, 3.63) is 36.2 Å². The molecule has 1 aliphatic heterocycles. The molecular weight excluding hydrogens is 384 g/mol. The molecule has 1 unspecified atom stereocenters. The predicted octanol–water partition coefficient (Wildman–Crippen LogP) is 3.21. The van der Waals surface area contributed by atoms with E-state index in [1.54, 1.807) is 6.20 Å². The van der Waals surface area contributed by atoms with E-state index in [1.165, 1.54) is 19.3 Å². The normalized spacial score (nSPS) is 16.0. The molecule has 4 N–H and O–H groups in total. The lowest BCUT2D eigenvalue weighted by Crippen LogP contribution is -2.44. The van der Waals surface area contributed by atoms with Gasteiger partial charge in [0.1, 0.15) is 6.04 Å². The van der Waals surface area contributed by atoms with Crippen LogP contribution in [0.1, 0.15) is 71.6 Å². The summed E-state index contributed by atoms with van der Waals surface area (Å²) < 4.78 is 0. The summed E-state index contributed by atoms with van der Waals surface area (Å²) in [5.41, 5.74) is -0.152. The third-order valence-electron chi connectivity index (χ3n) is 5.43. The summed E-state index contributed by atoms with van der Waals surface area (Å²) in [6.45, 7) is 3.64. The zero-order valence-corrected chi connectivity index (χ0v) is 18.2. The monoisotopic (exact) mass is 420 g/mol. The van der Waals surface area contributed by atoms with Crippen LogP contribution >= 0.6 is 0 Å². The van der Waals surface area contributed by atoms with Crippen molar-refractivity contribution in [2.45, 2.75) is 77.7 Å². The Bertz CT molecular complexity index is 669. The summed E-state index contributed by atoms with van der Waals surface area (Å²) in [6.07, 6.45) is 15.8. The number of rotatable bonds is 15. The molecule has 0 bridgehead atoms. The largest absolute Gasteiger partial charge is 0.480 e. The Balaban J connectivity index is 2.84. The highest BCUT2D eigenvalue weighted by Gasteiger charge is 2.37. The summed E-state index contributed by atoms with van der Waals surface area (Å²) in [5.74, 6) is -2.14. The molecule has 1 heterocycles. The summed E-state index contributed by atoms with van der Waals surface area (Å²) >= 11 is 0. The molecule has 1 aliphatic rings. The molecule has 0 spiro atoms. The van der Waals surface area contributed by atoms with Crippen molar-refractivity contribution in [2.24, 2.45) is 5.41 Å². The van der Waals surface area contributed by atoms with Gasteiger partial charge in [0, 0.05) is 24.9 Å². The molecule has 2 atom stereocenters. The first-order chi connectivity index (χ1) is 14.3. The van der Waals surface area contributed by atoms with Crippen molar-refractivity contribution in [2.75, 3.05) is 6.61 Å². The van der Waals surface area contributed by atoms with E-state index in [-0.39, 0.29) is 18.8 Å². The van der Waals surface area contributed by atoms with Crippen molar-refractivity contribution in [3.63, 3.8) is 0 Å². The number of carboxylic acids is 1. The first-order valence-corrected chi connectivity index (χ1v) is 10.8. The molecule has 0 aromatic rings. The standard InChI is InChI=1S/C23H36N2O5/c1-3-4-5-6-7-10-14-23(2,19-12-9-8-11-15-24-19)20(27)17-21(28)25-18(13-16-26)22(29)30/h8-9,11-12,15,18,24,26H,3-7,10,13-14,16-17H2,1-2H3,(H,25,28)(H,29,30)/t18-,23?/m0/s1. The molecule has 0 aromatic carbocycles. The molecule has 7 heteroatoms. The number of hydrogen-bond acceptors (Lipinski definition) is 5. The van der Waals surface area contributed by atoms with Gasteiger partial charge in [-0.05, 0) is 25.5 Å². The van der Waals surface area contributed by atoms with Crippen molar-refractivity contribution >= 4 is 17.7 Å². The van der Waals surface area contributed by atoms with Crippen molar-refractivity contribution in [1.29, 1.82) is 0 Å². The van der Waals surface area contributed by atoms with Crippen LogP contribution in [0.15, 0.2) is 36.2 Å². The second-order valence-electron chi connectivity index (χ2n) is 7.89. The number of aliphatic hydroxyl groups excluding tert-OH is 1. The van der Waals surface area contributed by atoms with Gasteiger partial charge in [0.25, 0.3) is 0 Å². The average Bonchev–Trinajstić information content (AvgIpc) is 3.00. The Kier molecular flexibility index (Phi) is 11.7. The molecule has 7 nitrogen and oxygen atoms in total. The van der Waals surface area contributed by atoms with Gasteiger partial charge in [0.2, 0.25) is 5.91 Å². The van der Waals surface area contributed by atoms with Crippen LogP contribution in [0.25, 0.3) is 0 Å². The SMILES string of the molecule is CCCCCCCCC(C)(C(=O)CC(=O)N[C@@H](CCO)C(=O)O)C1=CC=CC=CN1. The Morgan fingerprint density at radius 2 is 1.80 bits per heavy atom. The van der Waals surface area contributed by atoms with Gasteiger partial charge in [0.15, 0.2) is 5.78 Å². The molecule has 0 radical (unpaired) electrons. The number of carboxylic acid groups (broad SMARTS) is 1. The van der Waals surface area contributed by atoms with E-state index in [4.69, 9.17) is 10.2 Å². The molecule has 0 fully saturated rings. The zero-order chi connectivity index (χ0) is 22.4. The van der Waals surface area contributed by atoms with Crippen LogP contribution in [0.5, 0.6) is 0 Å². The lowest BCUT2D eigenvalue weighted by atomic mass is 9.75. The van der Waals surface area contributed by atoms with Crippen LogP contribution in [-0.2, 0) is 14.4 Å². The lowest BCUT2D eigenvalue weighted by Gasteiger charge is -2.31.